The quantitative estimate of drug-likeness (QED) is 0.408. The molecule has 6 heteroatoms. The Labute approximate surface area is 190 Å². The molecule has 0 radical (unpaired) electrons. The van der Waals surface area contributed by atoms with Crippen LogP contribution in [0.15, 0.2) is 100 Å². The van der Waals surface area contributed by atoms with Gasteiger partial charge in [-0.2, -0.15) is 5.10 Å². The minimum atomic E-state index is -0.374. The van der Waals surface area contributed by atoms with Crippen LogP contribution in [0, 0.1) is 6.92 Å². The number of carbonyl (C=O) groups excluding carboxylic acids is 1. The van der Waals surface area contributed by atoms with Crippen LogP contribution in [0.5, 0.6) is 0 Å². The van der Waals surface area contributed by atoms with Crippen LogP contribution < -0.4 is 10.7 Å². The third kappa shape index (κ3) is 3.94. The average molecular weight is 435 g/mol. The van der Waals surface area contributed by atoms with Crippen molar-refractivity contribution in [1.82, 2.24) is 9.78 Å². The summed E-state index contributed by atoms with van der Waals surface area (Å²) in [6, 6.07) is 26.1. The molecule has 0 fully saturated rings. The SMILES string of the molecule is Cc1c(-c2ccccc2)oc2c(C(=O)Nc3ccnn3Cc3ccccc3)cccc2c1=O. The van der Waals surface area contributed by atoms with Gasteiger partial charge in [0.2, 0.25) is 0 Å². The Balaban J connectivity index is 1.53. The monoisotopic (exact) mass is 435 g/mol. The predicted molar refractivity (Wildman–Crippen MR) is 128 cm³/mol. The van der Waals surface area contributed by atoms with Crippen molar-refractivity contribution < 1.29 is 9.21 Å². The summed E-state index contributed by atoms with van der Waals surface area (Å²) in [7, 11) is 0. The van der Waals surface area contributed by atoms with Crippen LogP contribution in [0.1, 0.15) is 21.5 Å². The molecule has 0 aliphatic carbocycles. The molecule has 0 atom stereocenters. The fourth-order valence-corrected chi connectivity index (χ4v) is 3.86. The minimum Gasteiger partial charge on any atom is -0.455 e. The number of carbonyl (C=O) groups is 1. The van der Waals surface area contributed by atoms with Crippen LogP contribution in [-0.4, -0.2) is 15.7 Å². The van der Waals surface area contributed by atoms with Gasteiger partial charge in [0.15, 0.2) is 11.0 Å². The molecule has 5 aromatic rings. The normalized spacial score (nSPS) is 10.9. The van der Waals surface area contributed by atoms with Crippen LogP contribution >= 0.6 is 0 Å². The van der Waals surface area contributed by atoms with Crippen LogP contribution in [0.3, 0.4) is 0 Å². The predicted octanol–water partition coefficient (Wildman–Crippen LogP) is 5.27. The van der Waals surface area contributed by atoms with Crippen molar-refractivity contribution in [3.8, 4) is 11.3 Å². The van der Waals surface area contributed by atoms with E-state index < -0.39 is 0 Å². The van der Waals surface area contributed by atoms with E-state index in [9.17, 15) is 9.59 Å². The molecular weight excluding hydrogens is 414 g/mol. The molecule has 33 heavy (non-hydrogen) atoms. The first-order valence-electron chi connectivity index (χ1n) is 10.6. The zero-order valence-electron chi connectivity index (χ0n) is 18.0. The molecule has 1 amide bonds. The molecule has 0 bridgehead atoms. The Morgan fingerprint density at radius 3 is 2.42 bits per heavy atom. The second-order valence-electron chi connectivity index (χ2n) is 7.75. The van der Waals surface area contributed by atoms with Gasteiger partial charge in [-0.15, -0.1) is 0 Å². The second-order valence-corrected chi connectivity index (χ2v) is 7.75. The number of nitrogens with one attached hydrogen (secondary N) is 1. The Bertz CT molecular complexity index is 1500. The minimum absolute atomic E-state index is 0.154. The van der Waals surface area contributed by atoms with E-state index in [-0.39, 0.29) is 22.5 Å². The summed E-state index contributed by atoms with van der Waals surface area (Å²) in [5.41, 5.74) is 2.75. The lowest BCUT2D eigenvalue weighted by Gasteiger charge is -2.12. The number of amides is 1. The summed E-state index contributed by atoms with van der Waals surface area (Å²) in [6.07, 6.45) is 1.64. The molecule has 1 N–H and O–H groups in total. The number of anilines is 1. The van der Waals surface area contributed by atoms with Gasteiger partial charge in [-0.1, -0.05) is 66.7 Å². The summed E-state index contributed by atoms with van der Waals surface area (Å²) in [6.45, 7) is 2.26. The highest BCUT2D eigenvalue weighted by molar-refractivity contribution is 6.11. The topological polar surface area (TPSA) is 77.1 Å². The fraction of sp³-hybridized carbons (Fsp3) is 0.0741. The molecule has 162 valence electrons. The molecule has 0 aliphatic heterocycles. The van der Waals surface area contributed by atoms with E-state index in [1.54, 1.807) is 42.1 Å². The van der Waals surface area contributed by atoms with Gasteiger partial charge in [0.25, 0.3) is 5.91 Å². The molecule has 6 nitrogen and oxygen atoms in total. The standard InChI is InChI=1S/C27H21N3O3/c1-18-24(31)21-13-8-14-22(26(21)33-25(18)20-11-6-3-7-12-20)27(32)29-23-15-16-28-30(23)17-19-9-4-2-5-10-19/h2-16H,17H2,1H3,(H,29,32). The summed E-state index contributed by atoms with van der Waals surface area (Å²) >= 11 is 0. The van der Waals surface area contributed by atoms with Crippen LogP contribution in [-0.2, 0) is 6.54 Å². The van der Waals surface area contributed by atoms with Gasteiger partial charge in [0.05, 0.1) is 23.7 Å². The van der Waals surface area contributed by atoms with Gasteiger partial charge in [-0.3, -0.25) is 9.59 Å². The molecule has 0 spiro atoms. The maximum Gasteiger partial charge on any atom is 0.260 e. The lowest BCUT2D eigenvalue weighted by atomic mass is 10.0. The molecule has 3 aromatic carbocycles. The van der Waals surface area contributed by atoms with Crippen LogP contribution in [0.4, 0.5) is 5.82 Å². The highest BCUT2D eigenvalue weighted by Gasteiger charge is 2.19. The van der Waals surface area contributed by atoms with Crippen molar-refractivity contribution in [1.29, 1.82) is 0 Å². The Hall–Kier alpha value is -4.45. The molecular formula is C27H21N3O3. The first-order chi connectivity index (χ1) is 16.1. The summed E-state index contributed by atoms with van der Waals surface area (Å²) in [5.74, 6) is 0.641. The number of hydrogen-bond donors (Lipinski definition) is 1. The van der Waals surface area contributed by atoms with Gasteiger partial charge in [0, 0.05) is 17.2 Å². The highest BCUT2D eigenvalue weighted by Crippen LogP contribution is 2.27. The smallest absolute Gasteiger partial charge is 0.260 e. The van der Waals surface area contributed by atoms with Crippen molar-refractivity contribution in [3.05, 3.63) is 118 Å². The summed E-state index contributed by atoms with van der Waals surface area (Å²) < 4.78 is 7.89. The molecule has 0 unspecified atom stereocenters. The lowest BCUT2D eigenvalue weighted by Crippen LogP contribution is -2.17. The van der Waals surface area contributed by atoms with Crippen LogP contribution in [0.2, 0.25) is 0 Å². The van der Waals surface area contributed by atoms with Gasteiger partial charge < -0.3 is 9.73 Å². The van der Waals surface area contributed by atoms with E-state index >= 15 is 0 Å². The Morgan fingerprint density at radius 2 is 1.67 bits per heavy atom. The van der Waals surface area contributed by atoms with Gasteiger partial charge in [-0.05, 0) is 24.6 Å². The number of fused-ring (bicyclic) bond motifs is 1. The third-order valence-corrected chi connectivity index (χ3v) is 5.56. The molecule has 0 saturated heterocycles. The maximum atomic E-state index is 13.3. The van der Waals surface area contributed by atoms with E-state index in [2.05, 4.69) is 10.4 Å². The second kappa shape index (κ2) is 8.59. The number of hydrogen-bond acceptors (Lipinski definition) is 4. The van der Waals surface area contributed by atoms with E-state index in [0.29, 0.717) is 29.1 Å². The first kappa shape index (κ1) is 20.5. The maximum absolute atomic E-state index is 13.3. The van der Waals surface area contributed by atoms with E-state index in [1.165, 1.54) is 0 Å². The zero-order valence-corrected chi connectivity index (χ0v) is 18.0. The molecule has 0 saturated carbocycles. The average Bonchev–Trinajstić information content (AvgIpc) is 3.28. The Morgan fingerprint density at radius 1 is 0.939 bits per heavy atom. The first-order valence-corrected chi connectivity index (χ1v) is 10.6. The van der Waals surface area contributed by atoms with E-state index in [4.69, 9.17) is 4.42 Å². The van der Waals surface area contributed by atoms with Crippen molar-refractivity contribution in [2.45, 2.75) is 13.5 Å². The van der Waals surface area contributed by atoms with Gasteiger partial charge in [-0.25, -0.2) is 4.68 Å². The highest BCUT2D eigenvalue weighted by atomic mass is 16.3. The van der Waals surface area contributed by atoms with Crippen molar-refractivity contribution >= 4 is 22.7 Å². The van der Waals surface area contributed by atoms with Crippen LogP contribution in [0.25, 0.3) is 22.3 Å². The van der Waals surface area contributed by atoms with Gasteiger partial charge >= 0.3 is 0 Å². The van der Waals surface area contributed by atoms with Crippen molar-refractivity contribution in [3.63, 3.8) is 0 Å². The number of benzene rings is 3. The number of para-hydroxylation sites is 1. The van der Waals surface area contributed by atoms with Crippen molar-refractivity contribution in [2.75, 3.05) is 5.32 Å². The van der Waals surface area contributed by atoms with Gasteiger partial charge in [0.1, 0.15) is 11.6 Å². The van der Waals surface area contributed by atoms with E-state index in [1.807, 2.05) is 60.7 Å². The molecule has 0 aliphatic rings. The lowest BCUT2D eigenvalue weighted by molar-refractivity contribution is 0.102. The zero-order chi connectivity index (χ0) is 22.8. The summed E-state index contributed by atoms with van der Waals surface area (Å²) in [4.78, 5) is 26.3. The number of aromatic nitrogens is 2. The third-order valence-electron chi connectivity index (χ3n) is 5.56. The van der Waals surface area contributed by atoms with Crippen molar-refractivity contribution in [2.24, 2.45) is 0 Å². The largest absolute Gasteiger partial charge is 0.455 e. The Kier molecular flexibility index (Phi) is 5.32. The molecule has 5 rings (SSSR count). The molecule has 2 heterocycles. The number of nitrogens with zero attached hydrogens (tertiary/aromatic N) is 2. The fourth-order valence-electron chi connectivity index (χ4n) is 3.86. The van der Waals surface area contributed by atoms with E-state index in [0.717, 1.165) is 11.1 Å². The number of rotatable bonds is 5. The summed E-state index contributed by atoms with van der Waals surface area (Å²) in [5, 5.41) is 7.61. The molecule has 2 aromatic heterocycles.